The van der Waals surface area contributed by atoms with Crippen molar-refractivity contribution in [2.24, 2.45) is 0 Å². The van der Waals surface area contributed by atoms with Crippen LogP contribution in [-0.4, -0.2) is 24.7 Å². The van der Waals surface area contributed by atoms with Gasteiger partial charge in [-0.05, 0) is 50.5 Å². The Hall–Kier alpha value is -0.540. The van der Waals surface area contributed by atoms with Gasteiger partial charge in [-0.3, -0.25) is 0 Å². The fourth-order valence-corrected chi connectivity index (χ4v) is 2.07. The predicted octanol–water partition coefficient (Wildman–Crippen LogP) is 4.29. The number of anilines is 1. The number of rotatable bonds is 7. The number of hydrogen-bond acceptors (Lipinski definition) is 3. The number of ether oxygens (including phenoxy) is 1. The van der Waals surface area contributed by atoms with E-state index in [-0.39, 0.29) is 6.10 Å². The molecule has 0 spiro atoms. The highest BCUT2D eigenvalue weighted by atomic mass is 35.5. The Bertz CT molecular complexity index is 344. The largest absolute Gasteiger partial charge is 0.489 e. The van der Waals surface area contributed by atoms with Crippen molar-refractivity contribution in [2.75, 3.05) is 23.9 Å². The number of benzene rings is 1. The third-order valence-electron chi connectivity index (χ3n) is 2.15. The number of nitrogens with one attached hydrogen (secondary N) is 1. The third-order valence-corrected chi connectivity index (χ3v) is 3.14. The van der Waals surface area contributed by atoms with Crippen LogP contribution in [0.1, 0.15) is 20.3 Å². The van der Waals surface area contributed by atoms with Gasteiger partial charge in [0.25, 0.3) is 0 Å². The molecule has 0 saturated carbocycles. The molecule has 0 amide bonds. The molecule has 1 rings (SSSR count). The summed E-state index contributed by atoms with van der Waals surface area (Å²) in [5, 5.41) is 4.01. The van der Waals surface area contributed by atoms with E-state index >= 15 is 0 Å². The second-order valence-corrected chi connectivity index (χ2v) is 5.48. The normalized spacial score (nSPS) is 10.6. The van der Waals surface area contributed by atoms with E-state index in [1.165, 1.54) is 5.75 Å². The highest BCUT2D eigenvalue weighted by Gasteiger charge is 2.04. The van der Waals surface area contributed by atoms with Crippen LogP contribution in [0.25, 0.3) is 0 Å². The van der Waals surface area contributed by atoms with E-state index in [1.807, 2.05) is 43.8 Å². The Morgan fingerprint density at radius 2 is 2.18 bits per heavy atom. The fraction of sp³-hybridized carbons (Fsp3) is 0.538. The Kier molecular flexibility index (Phi) is 6.60. The van der Waals surface area contributed by atoms with Crippen molar-refractivity contribution < 1.29 is 4.74 Å². The lowest BCUT2D eigenvalue weighted by Crippen LogP contribution is -2.06. The molecule has 0 bridgehead atoms. The smallest absolute Gasteiger partial charge is 0.138 e. The van der Waals surface area contributed by atoms with Crippen molar-refractivity contribution in [2.45, 2.75) is 26.4 Å². The molecule has 0 radical (unpaired) electrons. The zero-order valence-electron chi connectivity index (χ0n) is 10.6. The molecule has 0 unspecified atom stereocenters. The molecular weight excluding hydrogens is 254 g/mol. The number of halogens is 1. The molecule has 0 aliphatic heterocycles. The van der Waals surface area contributed by atoms with Crippen LogP contribution < -0.4 is 10.1 Å². The maximum absolute atomic E-state index is 6.14. The summed E-state index contributed by atoms with van der Waals surface area (Å²) < 4.78 is 5.58. The average molecular weight is 274 g/mol. The van der Waals surface area contributed by atoms with Crippen LogP contribution in [0.15, 0.2) is 18.2 Å². The molecule has 96 valence electrons. The monoisotopic (exact) mass is 273 g/mol. The van der Waals surface area contributed by atoms with Crippen LogP contribution >= 0.6 is 23.4 Å². The summed E-state index contributed by atoms with van der Waals surface area (Å²) in [6.45, 7) is 4.96. The molecule has 0 aliphatic carbocycles. The first kappa shape index (κ1) is 14.5. The van der Waals surface area contributed by atoms with Gasteiger partial charge in [0, 0.05) is 12.2 Å². The molecule has 0 fully saturated rings. The second-order valence-electron chi connectivity index (χ2n) is 4.08. The SMILES string of the molecule is CSCCCNc1ccc(OC(C)C)c(Cl)c1. The van der Waals surface area contributed by atoms with Gasteiger partial charge in [0.05, 0.1) is 11.1 Å². The molecule has 1 N–H and O–H groups in total. The van der Waals surface area contributed by atoms with Gasteiger partial charge in [0.1, 0.15) is 5.75 Å². The van der Waals surface area contributed by atoms with E-state index in [0.29, 0.717) is 5.02 Å². The molecular formula is C13H20ClNOS. The van der Waals surface area contributed by atoms with Crippen LogP contribution in [0, 0.1) is 0 Å². The van der Waals surface area contributed by atoms with Gasteiger partial charge >= 0.3 is 0 Å². The van der Waals surface area contributed by atoms with Crippen molar-refractivity contribution >= 4 is 29.1 Å². The Morgan fingerprint density at radius 3 is 2.76 bits per heavy atom. The van der Waals surface area contributed by atoms with Gasteiger partial charge in [0.15, 0.2) is 0 Å². The van der Waals surface area contributed by atoms with Gasteiger partial charge in [-0.15, -0.1) is 0 Å². The third kappa shape index (κ3) is 5.55. The molecule has 4 heteroatoms. The lowest BCUT2D eigenvalue weighted by atomic mass is 10.3. The molecule has 0 atom stereocenters. The van der Waals surface area contributed by atoms with E-state index in [2.05, 4.69) is 11.6 Å². The lowest BCUT2D eigenvalue weighted by Gasteiger charge is -2.13. The summed E-state index contributed by atoms with van der Waals surface area (Å²) in [5.41, 5.74) is 1.05. The molecule has 1 aromatic carbocycles. The average Bonchev–Trinajstić information content (AvgIpc) is 2.27. The number of thioether (sulfide) groups is 1. The molecule has 0 aliphatic rings. The van der Waals surface area contributed by atoms with Crippen LogP contribution in [-0.2, 0) is 0 Å². The summed E-state index contributed by atoms with van der Waals surface area (Å²) in [6.07, 6.45) is 3.42. The van der Waals surface area contributed by atoms with E-state index in [9.17, 15) is 0 Å². The van der Waals surface area contributed by atoms with Gasteiger partial charge in [-0.1, -0.05) is 11.6 Å². The van der Waals surface area contributed by atoms with Gasteiger partial charge in [-0.25, -0.2) is 0 Å². The molecule has 17 heavy (non-hydrogen) atoms. The van der Waals surface area contributed by atoms with Crippen molar-refractivity contribution in [3.63, 3.8) is 0 Å². The van der Waals surface area contributed by atoms with Gasteiger partial charge in [0.2, 0.25) is 0 Å². The summed E-state index contributed by atoms with van der Waals surface area (Å²) >= 11 is 8.01. The minimum absolute atomic E-state index is 0.146. The molecule has 2 nitrogen and oxygen atoms in total. The van der Waals surface area contributed by atoms with Crippen LogP contribution in [0.5, 0.6) is 5.75 Å². The van der Waals surface area contributed by atoms with Crippen LogP contribution in [0.3, 0.4) is 0 Å². The summed E-state index contributed by atoms with van der Waals surface area (Å²) in [7, 11) is 0. The van der Waals surface area contributed by atoms with Crippen molar-refractivity contribution in [1.29, 1.82) is 0 Å². The minimum atomic E-state index is 0.146. The Labute approximate surface area is 113 Å². The van der Waals surface area contributed by atoms with E-state index in [4.69, 9.17) is 16.3 Å². The zero-order valence-corrected chi connectivity index (χ0v) is 12.2. The first-order valence-corrected chi connectivity index (χ1v) is 7.59. The van der Waals surface area contributed by atoms with Gasteiger partial charge in [-0.2, -0.15) is 11.8 Å². The quantitative estimate of drug-likeness (QED) is 0.749. The first-order chi connectivity index (χ1) is 8.13. The highest BCUT2D eigenvalue weighted by molar-refractivity contribution is 7.98. The zero-order chi connectivity index (χ0) is 12.7. The maximum Gasteiger partial charge on any atom is 0.138 e. The lowest BCUT2D eigenvalue weighted by molar-refractivity contribution is 0.242. The number of hydrogen-bond donors (Lipinski definition) is 1. The highest BCUT2D eigenvalue weighted by Crippen LogP contribution is 2.28. The minimum Gasteiger partial charge on any atom is -0.489 e. The van der Waals surface area contributed by atoms with Crippen LogP contribution in [0.4, 0.5) is 5.69 Å². The van der Waals surface area contributed by atoms with Crippen molar-refractivity contribution in [3.8, 4) is 5.75 Å². The molecule has 0 heterocycles. The topological polar surface area (TPSA) is 21.3 Å². The molecule has 1 aromatic rings. The standard InChI is InChI=1S/C13H20ClNOS/c1-10(2)16-13-6-5-11(9-12(13)14)15-7-4-8-17-3/h5-6,9-10,15H,4,7-8H2,1-3H3. The Balaban J connectivity index is 2.50. The maximum atomic E-state index is 6.14. The fourth-order valence-electron chi connectivity index (χ4n) is 1.41. The first-order valence-electron chi connectivity index (χ1n) is 5.82. The molecule has 0 aromatic heterocycles. The van der Waals surface area contributed by atoms with Crippen molar-refractivity contribution in [1.82, 2.24) is 0 Å². The van der Waals surface area contributed by atoms with Crippen LogP contribution in [0.2, 0.25) is 5.02 Å². The summed E-state index contributed by atoms with van der Waals surface area (Å²) in [4.78, 5) is 0. The van der Waals surface area contributed by atoms with Gasteiger partial charge < -0.3 is 10.1 Å². The van der Waals surface area contributed by atoms with E-state index in [1.54, 1.807) is 0 Å². The second kappa shape index (κ2) is 7.72. The van der Waals surface area contributed by atoms with E-state index < -0.39 is 0 Å². The summed E-state index contributed by atoms with van der Waals surface area (Å²) in [6, 6.07) is 5.83. The summed E-state index contributed by atoms with van der Waals surface area (Å²) in [5.74, 6) is 1.92. The molecule has 0 saturated heterocycles. The Morgan fingerprint density at radius 1 is 1.41 bits per heavy atom. The predicted molar refractivity (Wildman–Crippen MR) is 78.7 cm³/mol. The van der Waals surface area contributed by atoms with E-state index in [0.717, 1.165) is 24.4 Å². The van der Waals surface area contributed by atoms with Crippen molar-refractivity contribution in [3.05, 3.63) is 23.2 Å².